The van der Waals surface area contributed by atoms with Crippen LogP contribution in [0.5, 0.6) is 11.5 Å². The normalized spacial score (nSPS) is 11.8. The summed E-state index contributed by atoms with van der Waals surface area (Å²) in [5.74, 6) is 1.75. The Morgan fingerprint density at radius 3 is 2.50 bits per heavy atom. The van der Waals surface area contributed by atoms with Gasteiger partial charge in [0.1, 0.15) is 11.5 Å². The zero-order valence-electron chi connectivity index (χ0n) is 15.9. The summed E-state index contributed by atoms with van der Waals surface area (Å²) in [7, 11) is 0. The Kier molecular flexibility index (Phi) is 7.98. The van der Waals surface area contributed by atoms with Gasteiger partial charge in [0.25, 0.3) is 0 Å². The summed E-state index contributed by atoms with van der Waals surface area (Å²) in [5, 5.41) is 12.1. The molecule has 0 saturated carbocycles. The predicted molar refractivity (Wildman–Crippen MR) is 104 cm³/mol. The molecule has 0 spiro atoms. The molecule has 0 aliphatic carbocycles. The van der Waals surface area contributed by atoms with Crippen molar-refractivity contribution in [3.8, 4) is 17.6 Å². The number of unbranched alkanes of at least 4 members (excludes halogenated alkanes) is 1. The zero-order valence-corrected chi connectivity index (χ0v) is 15.9. The van der Waals surface area contributed by atoms with E-state index >= 15 is 0 Å². The summed E-state index contributed by atoms with van der Waals surface area (Å²) >= 11 is 0. The van der Waals surface area contributed by atoms with E-state index < -0.39 is 0 Å². The SMILES string of the molecule is CC(C)Oc1ccc(C(C)NCc2cccc(OCCCC#N)c2)cc1. The highest BCUT2D eigenvalue weighted by atomic mass is 16.5. The predicted octanol–water partition coefficient (Wildman–Crippen LogP) is 5.01. The van der Waals surface area contributed by atoms with Crippen molar-refractivity contribution in [2.75, 3.05) is 6.61 Å². The Balaban J connectivity index is 1.84. The molecule has 0 aliphatic rings. The van der Waals surface area contributed by atoms with Crippen LogP contribution in [0, 0.1) is 11.3 Å². The summed E-state index contributed by atoms with van der Waals surface area (Å²) in [6.07, 6.45) is 1.47. The van der Waals surface area contributed by atoms with Crippen LogP contribution < -0.4 is 14.8 Å². The first-order chi connectivity index (χ1) is 12.6. The number of ether oxygens (including phenoxy) is 2. The summed E-state index contributed by atoms with van der Waals surface area (Å²) in [6.45, 7) is 7.55. The number of benzene rings is 2. The molecule has 26 heavy (non-hydrogen) atoms. The molecule has 0 heterocycles. The third-order valence-electron chi connectivity index (χ3n) is 3.96. The van der Waals surface area contributed by atoms with Gasteiger partial charge in [-0.25, -0.2) is 0 Å². The van der Waals surface area contributed by atoms with E-state index in [4.69, 9.17) is 14.7 Å². The van der Waals surface area contributed by atoms with Crippen molar-refractivity contribution >= 4 is 0 Å². The van der Waals surface area contributed by atoms with Gasteiger partial charge in [-0.3, -0.25) is 0 Å². The first kappa shape index (κ1) is 19.8. The molecule has 0 aliphatic heterocycles. The largest absolute Gasteiger partial charge is 0.494 e. The Bertz CT molecular complexity index is 705. The molecule has 138 valence electrons. The molecule has 4 nitrogen and oxygen atoms in total. The zero-order chi connectivity index (χ0) is 18.8. The smallest absolute Gasteiger partial charge is 0.119 e. The Labute approximate surface area is 156 Å². The molecule has 2 aromatic rings. The van der Waals surface area contributed by atoms with Crippen molar-refractivity contribution in [2.45, 2.75) is 52.3 Å². The molecule has 0 fully saturated rings. The minimum Gasteiger partial charge on any atom is -0.494 e. The van der Waals surface area contributed by atoms with Gasteiger partial charge in [0.15, 0.2) is 0 Å². The van der Waals surface area contributed by atoms with Crippen LogP contribution in [0.2, 0.25) is 0 Å². The van der Waals surface area contributed by atoms with Gasteiger partial charge >= 0.3 is 0 Å². The highest BCUT2D eigenvalue weighted by molar-refractivity contribution is 5.30. The van der Waals surface area contributed by atoms with Crippen LogP contribution in [-0.2, 0) is 6.54 Å². The van der Waals surface area contributed by atoms with Crippen molar-refractivity contribution in [3.63, 3.8) is 0 Å². The molecule has 0 radical (unpaired) electrons. The minimum absolute atomic E-state index is 0.186. The summed E-state index contributed by atoms with van der Waals surface area (Å²) in [5.41, 5.74) is 2.40. The van der Waals surface area contributed by atoms with Gasteiger partial charge in [0.2, 0.25) is 0 Å². The van der Waals surface area contributed by atoms with Crippen LogP contribution in [0.3, 0.4) is 0 Å². The highest BCUT2D eigenvalue weighted by Gasteiger charge is 2.06. The Morgan fingerprint density at radius 2 is 1.81 bits per heavy atom. The van der Waals surface area contributed by atoms with Crippen molar-refractivity contribution in [1.29, 1.82) is 5.26 Å². The maximum atomic E-state index is 8.56. The van der Waals surface area contributed by atoms with E-state index in [9.17, 15) is 0 Å². The van der Waals surface area contributed by atoms with Gasteiger partial charge in [-0.05, 0) is 62.6 Å². The van der Waals surface area contributed by atoms with E-state index in [0.29, 0.717) is 13.0 Å². The Hall–Kier alpha value is -2.51. The molecule has 0 amide bonds. The van der Waals surface area contributed by atoms with Gasteiger partial charge in [-0.15, -0.1) is 0 Å². The fraction of sp³-hybridized carbons (Fsp3) is 0.409. The van der Waals surface area contributed by atoms with Gasteiger partial charge in [-0.1, -0.05) is 24.3 Å². The maximum Gasteiger partial charge on any atom is 0.119 e. The number of rotatable bonds is 10. The van der Waals surface area contributed by atoms with Crippen LogP contribution in [0.15, 0.2) is 48.5 Å². The summed E-state index contributed by atoms with van der Waals surface area (Å²) in [6, 6.07) is 18.7. The van der Waals surface area contributed by atoms with E-state index in [1.54, 1.807) is 0 Å². The average molecular weight is 352 g/mol. The third kappa shape index (κ3) is 6.78. The lowest BCUT2D eigenvalue weighted by Crippen LogP contribution is -2.18. The van der Waals surface area contributed by atoms with E-state index in [1.807, 2.05) is 44.2 Å². The van der Waals surface area contributed by atoms with E-state index in [0.717, 1.165) is 24.5 Å². The molecule has 1 N–H and O–H groups in total. The first-order valence-corrected chi connectivity index (χ1v) is 9.17. The summed E-state index contributed by atoms with van der Waals surface area (Å²) in [4.78, 5) is 0. The van der Waals surface area contributed by atoms with Gasteiger partial charge in [-0.2, -0.15) is 5.26 Å². The van der Waals surface area contributed by atoms with E-state index in [1.165, 1.54) is 11.1 Å². The number of nitrogens with one attached hydrogen (secondary N) is 1. The van der Waals surface area contributed by atoms with Crippen LogP contribution >= 0.6 is 0 Å². The van der Waals surface area contributed by atoms with Gasteiger partial charge in [0.05, 0.1) is 18.8 Å². The molecule has 0 aromatic heterocycles. The van der Waals surface area contributed by atoms with Crippen molar-refractivity contribution < 1.29 is 9.47 Å². The second-order valence-electron chi connectivity index (χ2n) is 6.60. The lowest BCUT2D eigenvalue weighted by molar-refractivity contribution is 0.242. The molecule has 1 unspecified atom stereocenters. The molecule has 1 atom stereocenters. The standard InChI is InChI=1S/C22H28N2O2/c1-17(2)26-21-11-9-20(10-12-21)18(3)24-16-19-7-6-8-22(15-19)25-14-5-4-13-23/h6-12,15,17-18,24H,4-5,14,16H2,1-3H3. The maximum absolute atomic E-state index is 8.56. The molecule has 4 heteroatoms. The number of hydrogen-bond acceptors (Lipinski definition) is 4. The topological polar surface area (TPSA) is 54.3 Å². The molecular formula is C22H28N2O2. The van der Waals surface area contributed by atoms with Crippen LogP contribution in [-0.4, -0.2) is 12.7 Å². The third-order valence-corrected chi connectivity index (χ3v) is 3.96. The van der Waals surface area contributed by atoms with Crippen molar-refractivity contribution in [1.82, 2.24) is 5.32 Å². The fourth-order valence-electron chi connectivity index (χ4n) is 2.58. The number of nitriles is 1. The van der Waals surface area contributed by atoms with E-state index in [-0.39, 0.29) is 12.1 Å². The van der Waals surface area contributed by atoms with Crippen LogP contribution in [0.25, 0.3) is 0 Å². The lowest BCUT2D eigenvalue weighted by Gasteiger charge is -2.16. The van der Waals surface area contributed by atoms with Gasteiger partial charge < -0.3 is 14.8 Å². The second kappa shape index (κ2) is 10.5. The summed E-state index contributed by atoms with van der Waals surface area (Å²) < 4.78 is 11.4. The molecular weight excluding hydrogens is 324 g/mol. The minimum atomic E-state index is 0.186. The molecule has 2 rings (SSSR count). The second-order valence-corrected chi connectivity index (χ2v) is 6.60. The van der Waals surface area contributed by atoms with Gasteiger partial charge in [0, 0.05) is 19.0 Å². The van der Waals surface area contributed by atoms with Crippen molar-refractivity contribution in [2.24, 2.45) is 0 Å². The fourth-order valence-corrected chi connectivity index (χ4v) is 2.58. The highest BCUT2D eigenvalue weighted by Crippen LogP contribution is 2.20. The first-order valence-electron chi connectivity index (χ1n) is 9.17. The Morgan fingerprint density at radius 1 is 1.04 bits per heavy atom. The molecule has 0 saturated heterocycles. The van der Waals surface area contributed by atoms with Crippen LogP contribution in [0.4, 0.5) is 0 Å². The van der Waals surface area contributed by atoms with E-state index in [2.05, 4.69) is 36.5 Å². The van der Waals surface area contributed by atoms with Crippen LogP contribution in [0.1, 0.15) is 50.8 Å². The number of hydrogen-bond donors (Lipinski definition) is 1. The quantitative estimate of drug-likeness (QED) is 0.611. The molecule has 0 bridgehead atoms. The lowest BCUT2D eigenvalue weighted by atomic mass is 10.1. The van der Waals surface area contributed by atoms with Crippen molar-refractivity contribution in [3.05, 3.63) is 59.7 Å². The monoisotopic (exact) mass is 352 g/mol. The average Bonchev–Trinajstić information content (AvgIpc) is 2.64. The number of nitrogens with zero attached hydrogens (tertiary/aromatic N) is 1. The molecule has 2 aromatic carbocycles.